The highest BCUT2D eigenvalue weighted by molar-refractivity contribution is 9.10. The summed E-state index contributed by atoms with van der Waals surface area (Å²) in [6, 6.07) is -0.109. The van der Waals surface area contributed by atoms with Crippen molar-refractivity contribution in [1.29, 1.82) is 0 Å². The molecule has 1 amide bonds. The lowest BCUT2D eigenvalue weighted by Gasteiger charge is -2.41. The van der Waals surface area contributed by atoms with Crippen molar-refractivity contribution < 1.29 is 33.3 Å². The highest BCUT2D eigenvalue weighted by Gasteiger charge is 2.54. The minimum absolute atomic E-state index is 0.109. The number of likely N-dealkylation sites (tertiary alicyclic amines) is 1. The minimum Gasteiger partial charge on any atom is -0.475 e. The van der Waals surface area contributed by atoms with Crippen LogP contribution in [0.4, 0.5) is 4.79 Å². The molecule has 1 aromatic rings. The van der Waals surface area contributed by atoms with Crippen molar-refractivity contribution in [2.45, 2.75) is 58.6 Å². The molecule has 0 bridgehead atoms. The lowest BCUT2D eigenvalue weighted by molar-refractivity contribution is -0.168. The smallest absolute Gasteiger partial charge is 0.410 e. The number of rotatable bonds is 5. The molecule has 2 aliphatic rings. The molecule has 1 atom stereocenters. The van der Waals surface area contributed by atoms with E-state index < -0.39 is 23.0 Å². The van der Waals surface area contributed by atoms with E-state index in [0.717, 1.165) is 23.1 Å². The molecular weight excluding hydrogens is 484 g/mol. The van der Waals surface area contributed by atoms with Gasteiger partial charge in [0.25, 0.3) is 0 Å². The van der Waals surface area contributed by atoms with Gasteiger partial charge in [-0.3, -0.25) is 9.59 Å². The van der Waals surface area contributed by atoms with Crippen LogP contribution in [0, 0.1) is 12.3 Å². The largest absolute Gasteiger partial charge is 0.475 e. The van der Waals surface area contributed by atoms with Crippen LogP contribution in [-0.2, 0) is 36.6 Å². The van der Waals surface area contributed by atoms with E-state index in [1.165, 1.54) is 14.2 Å². The van der Waals surface area contributed by atoms with Crippen molar-refractivity contribution in [3.8, 4) is 5.88 Å². The number of pyridine rings is 1. The summed E-state index contributed by atoms with van der Waals surface area (Å²) in [6.07, 6.45) is 0.709. The average molecular weight is 513 g/mol. The summed E-state index contributed by atoms with van der Waals surface area (Å²) in [7, 11) is 2.50. The molecule has 1 fully saturated rings. The predicted molar refractivity (Wildman–Crippen MR) is 117 cm³/mol. The molecule has 0 radical (unpaired) electrons. The summed E-state index contributed by atoms with van der Waals surface area (Å²) >= 11 is 3.45. The highest BCUT2D eigenvalue weighted by Crippen LogP contribution is 2.45. The number of nitrogens with zero attached hydrogens (tertiary/aromatic N) is 2. The molecule has 0 N–H and O–H groups in total. The van der Waals surface area contributed by atoms with Gasteiger partial charge in [-0.05, 0) is 61.2 Å². The van der Waals surface area contributed by atoms with Crippen LogP contribution in [0.1, 0.15) is 43.9 Å². The molecule has 1 aliphatic heterocycles. The Balaban J connectivity index is 1.77. The van der Waals surface area contributed by atoms with E-state index in [4.69, 9.17) is 18.9 Å². The van der Waals surface area contributed by atoms with E-state index in [-0.39, 0.29) is 31.6 Å². The molecule has 1 aliphatic carbocycles. The first-order valence-electron chi connectivity index (χ1n) is 10.4. The van der Waals surface area contributed by atoms with Gasteiger partial charge in [-0.1, -0.05) is 0 Å². The fourth-order valence-corrected chi connectivity index (χ4v) is 4.60. The molecule has 0 aromatic carbocycles. The van der Waals surface area contributed by atoms with Crippen LogP contribution in [0.25, 0.3) is 0 Å². The third kappa shape index (κ3) is 4.42. The quantitative estimate of drug-likeness (QED) is 0.256. The van der Waals surface area contributed by atoms with Gasteiger partial charge >= 0.3 is 18.0 Å². The van der Waals surface area contributed by atoms with Gasteiger partial charge in [-0.2, -0.15) is 0 Å². The van der Waals surface area contributed by atoms with Gasteiger partial charge in [0.2, 0.25) is 5.88 Å². The number of amides is 1. The molecule has 32 heavy (non-hydrogen) atoms. The van der Waals surface area contributed by atoms with Crippen molar-refractivity contribution in [3.05, 3.63) is 21.3 Å². The van der Waals surface area contributed by atoms with Gasteiger partial charge in [0.15, 0.2) is 5.41 Å². The first-order valence-corrected chi connectivity index (χ1v) is 11.2. The molecule has 0 unspecified atom stereocenters. The number of halogens is 1. The summed E-state index contributed by atoms with van der Waals surface area (Å²) in [6.45, 7) is 8.20. The highest BCUT2D eigenvalue weighted by atomic mass is 79.9. The third-order valence-electron chi connectivity index (χ3n) is 5.88. The Morgan fingerprint density at radius 3 is 2.22 bits per heavy atom. The zero-order valence-electron chi connectivity index (χ0n) is 19.2. The van der Waals surface area contributed by atoms with Crippen LogP contribution in [0.3, 0.4) is 0 Å². The number of methoxy groups -OCH3 is 2. The van der Waals surface area contributed by atoms with Crippen LogP contribution in [0.5, 0.6) is 5.88 Å². The Labute approximate surface area is 195 Å². The van der Waals surface area contributed by atoms with E-state index in [1.807, 2.05) is 27.7 Å². The average Bonchev–Trinajstić information content (AvgIpc) is 3.11. The molecule has 9 nitrogen and oxygen atoms in total. The zero-order chi connectivity index (χ0) is 23.8. The number of hydrogen-bond acceptors (Lipinski definition) is 8. The molecule has 1 saturated heterocycles. The molecular formula is C22H29BrN2O7. The number of hydrogen-bond donors (Lipinski definition) is 0. The van der Waals surface area contributed by atoms with Crippen molar-refractivity contribution >= 4 is 34.0 Å². The van der Waals surface area contributed by atoms with E-state index in [1.54, 1.807) is 4.90 Å². The van der Waals surface area contributed by atoms with Crippen LogP contribution < -0.4 is 4.74 Å². The zero-order valence-corrected chi connectivity index (χ0v) is 20.8. The molecule has 0 saturated carbocycles. The Hall–Kier alpha value is -2.36. The molecule has 0 spiro atoms. The Morgan fingerprint density at radius 1 is 1.12 bits per heavy atom. The number of carbonyl (C=O) groups is 3. The SMILES string of the molecule is COC(=O)C1(C(=O)OC)Cc2c(Br)nc(OC[C@@H]3CCN3C(=O)OC(C)(C)C)c(C)c2C1. The van der Waals surface area contributed by atoms with Crippen LogP contribution >= 0.6 is 15.9 Å². The lowest BCUT2D eigenvalue weighted by Crippen LogP contribution is -2.55. The van der Waals surface area contributed by atoms with Crippen LogP contribution in [0.2, 0.25) is 0 Å². The van der Waals surface area contributed by atoms with Gasteiger partial charge in [0.1, 0.15) is 16.8 Å². The van der Waals surface area contributed by atoms with Crippen molar-refractivity contribution in [3.63, 3.8) is 0 Å². The van der Waals surface area contributed by atoms with E-state index in [0.29, 0.717) is 17.0 Å². The predicted octanol–water partition coefficient (Wildman–Crippen LogP) is 2.97. The Bertz CT molecular complexity index is 925. The summed E-state index contributed by atoms with van der Waals surface area (Å²) in [5.74, 6) is -0.897. The molecule has 176 valence electrons. The second kappa shape index (κ2) is 8.88. The van der Waals surface area contributed by atoms with Gasteiger partial charge in [-0.25, -0.2) is 9.78 Å². The monoisotopic (exact) mass is 512 g/mol. The lowest BCUT2D eigenvalue weighted by atomic mass is 9.84. The first kappa shape index (κ1) is 24.3. The fourth-order valence-electron chi connectivity index (χ4n) is 4.06. The van der Waals surface area contributed by atoms with Crippen molar-refractivity contribution in [2.24, 2.45) is 5.41 Å². The van der Waals surface area contributed by atoms with Gasteiger partial charge in [0, 0.05) is 24.9 Å². The van der Waals surface area contributed by atoms with Gasteiger partial charge in [-0.15, -0.1) is 0 Å². The first-order chi connectivity index (χ1) is 14.9. The Kier molecular flexibility index (Phi) is 6.74. The van der Waals surface area contributed by atoms with Gasteiger partial charge in [0.05, 0.1) is 20.3 Å². The number of aromatic nitrogens is 1. The maximum absolute atomic E-state index is 12.5. The summed E-state index contributed by atoms with van der Waals surface area (Å²) < 4.78 is 21.7. The minimum atomic E-state index is -1.44. The normalized spacial score (nSPS) is 19.0. The van der Waals surface area contributed by atoms with Crippen molar-refractivity contribution in [2.75, 3.05) is 27.4 Å². The summed E-state index contributed by atoms with van der Waals surface area (Å²) in [5, 5.41) is 0. The maximum atomic E-state index is 12.5. The number of carbonyl (C=O) groups excluding carboxylic acids is 3. The van der Waals surface area contributed by atoms with E-state index in [9.17, 15) is 14.4 Å². The summed E-state index contributed by atoms with van der Waals surface area (Å²) in [4.78, 5) is 43.5. The number of fused-ring (bicyclic) bond motifs is 1. The standard InChI is InChI=1S/C22H29BrN2O7/c1-12-14-9-22(18(26)29-5,19(27)30-6)10-15(14)16(23)24-17(12)31-11-13-7-8-25(13)20(28)32-21(2,3)4/h13H,7-11H2,1-6H3/t13-/m0/s1. The second-order valence-electron chi connectivity index (χ2n) is 9.14. The van der Waals surface area contributed by atoms with Crippen LogP contribution in [-0.4, -0.2) is 66.9 Å². The van der Waals surface area contributed by atoms with Crippen molar-refractivity contribution in [1.82, 2.24) is 9.88 Å². The number of esters is 2. The molecule has 3 rings (SSSR count). The Morgan fingerprint density at radius 2 is 1.72 bits per heavy atom. The third-order valence-corrected chi connectivity index (χ3v) is 6.54. The second-order valence-corrected chi connectivity index (χ2v) is 9.89. The summed E-state index contributed by atoms with van der Waals surface area (Å²) in [5.41, 5.74) is 0.286. The number of ether oxygens (including phenoxy) is 4. The fraction of sp³-hybridized carbons (Fsp3) is 0.636. The topological polar surface area (TPSA) is 104 Å². The van der Waals surface area contributed by atoms with E-state index in [2.05, 4.69) is 20.9 Å². The molecule has 2 heterocycles. The van der Waals surface area contributed by atoms with Crippen LogP contribution in [0.15, 0.2) is 4.60 Å². The van der Waals surface area contributed by atoms with E-state index >= 15 is 0 Å². The van der Waals surface area contributed by atoms with Gasteiger partial charge < -0.3 is 23.8 Å². The molecule has 10 heteroatoms. The molecule has 1 aromatic heterocycles. The maximum Gasteiger partial charge on any atom is 0.410 e.